The second-order valence-electron chi connectivity index (χ2n) is 3.36. The number of hydrogen-bond donors (Lipinski definition) is 2. The zero-order valence-electron chi connectivity index (χ0n) is 8.90. The van der Waals surface area contributed by atoms with Gasteiger partial charge in [0.15, 0.2) is 0 Å². The van der Waals surface area contributed by atoms with Crippen molar-refractivity contribution in [3.05, 3.63) is 46.4 Å². The predicted octanol–water partition coefficient (Wildman–Crippen LogP) is 0.500. The van der Waals surface area contributed by atoms with Gasteiger partial charge in [-0.1, -0.05) is 0 Å². The summed E-state index contributed by atoms with van der Waals surface area (Å²) in [5.41, 5.74) is -0.0582. The number of carbonyl (C=O) groups excluding carboxylic acids is 1. The molecule has 1 heterocycles. The van der Waals surface area contributed by atoms with Crippen LogP contribution in [-0.2, 0) is 7.05 Å². The quantitative estimate of drug-likeness (QED) is 0.796. The van der Waals surface area contributed by atoms with E-state index in [1.807, 2.05) is 0 Å². The molecule has 7 heteroatoms. The van der Waals surface area contributed by atoms with E-state index < -0.39 is 17.4 Å². The minimum atomic E-state index is -0.561. The van der Waals surface area contributed by atoms with Gasteiger partial charge in [0, 0.05) is 12.7 Å². The van der Waals surface area contributed by atoms with Gasteiger partial charge >= 0.3 is 5.69 Å². The molecule has 1 amide bonds. The van der Waals surface area contributed by atoms with Gasteiger partial charge in [-0.25, -0.2) is 13.9 Å². The van der Waals surface area contributed by atoms with Crippen LogP contribution in [0, 0.1) is 5.82 Å². The molecule has 0 saturated carbocycles. The fourth-order valence-electron chi connectivity index (χ4n) is 1.23. The summed E-state index contributed by atoms with van der Waals surface area (Å²) in [7, 11) is 1.42. The normalized spacial score (nSPS) is 10.2. The third-order valence-corrected chi connectivity index (χ3v) is 2.09. The molecule has 0 spiro atoms. The Morgan fingerprint density at radius 2 is 2.06 bits per heavy atom. The van der Waals surface area contributed by atoms with E-state index >= 15 is 0 Å². The SMILES string of the molecule is Cn1nc(C(=O)Nc2ccc(F)cc2)[nH]c1=O. The van der Waals surface area contributed by atoms with Gasteiger partial charge in [0.2, 0.25) is 5.82 Å². The van der Waals surface area contributed by atoms with Crippen molar-refractivity contribution in [2.45, 2.75) is 0 Å². The van der Waals surface area contributed by atoms with Crippen molar-refractivity contribution in [2.24, 2.45) is 7.05 Å². The first-order chi connectivity index (χ1) is 8.06. The first kappa shape index (κ1) is 11.1. The molecule has 17 heavy (non-hydrogen) atoms. The van der Waals surface area contributed by atoms with Gasteiger partial charge in [-0.3, -0.25) is 9.78 Å². The number of nitrogens with zero attached hydrogens (tertiary/aromatic N) is 2. The molecule has 0 unspecified atom stereocenters. The predicted molar refractivity (Wildman–Crippen MR) is 58.2 cm³/mol. The molecule has 0 bridgehead atoms. The molecule has 1 aromatic heterocycles. The molecule has 2 rings (SSSR count). The number of aryl methyl sites for hydroxylation is 1. The van der Waals surface area contributed by atoms with E-state index in [1.54, 1.807) is 0 Å². The van der Waals surface area contributed by atoms with Crippen molar-refractivity contribution in [3.63, 3.8) is 0 Å². The Hall–Kier alpha value is -2.44. The van der Waals surface area contributed by atoms with E-state index in [-0.39, 0.29) is 5.82 Å². The highest BCUT2D eigenvalue weighted by Gasteiger charge is 2.11. The second-order valence-corrected chi connectivity index (χ2v) is 3.36. The number of hydrogen-bond acceptors (Lipinski definition) is 3. The standard InChI is InChI=1S/C10H9FN4O2/c1-15-10(17)13-8(14-15)9(16)12-7-4-2-6(11)3-5-7/h2-5H,1H3,(H,12,16)(H,13,14,17). The lowest BCUT2D eigenvalue weighted by Crippen LogP contribution is -2.15. The van der Waals surface area contributed by atoms with Crippen molar-refractivity contribution >= 4 is 11.6 Å². The van der Waals surface area contributed by atoms with E-state index in [0.29, 0.717) is 5.69 Å². The van der Waals surface area contributed by atoms with Crippen LogP contribution >= 0.6 is 0 Å². The van der Waals surface area contributed by atoms with Crippen LogP contribution in [0.4, 0.5) is 10.1 Å². The molecule has 0 radical (unpaired) electrons. The van der Waals surface area contributed by atoms with Gasteiger partial charge in [0.1, 0.15) is 5.82 Å². The van der Waals surface area contributed by atoms with Crippen molar-refractivity contribution in [3.8, 4) is 0 Å². The van der Waals surface area contributed by atoms with Gasteiger partial charge in [-0.05, 0) is 24.3 Å². The van der Waals surface area contributed by atoms with Gasteiger partial charge in [-0.15, -0.1) is 5.10 Å². The molecule has 0 fully saturated rings. The maximum absolute atomic E-state index is 12.6. The number of anilines is 1. The van der Waals surface area contributed by atoms with Gasteiger partial charge in [-0.2, -0.15) is 0 Å². The molecule has 0 aliphatic rings. The first-order valence-corrected chi connectivity index (χ1v) is 4.76. The lowest BCUT2D eigenvalue weighted by Gasteiger charge is -2.01. The Balaban J connectivity index is 2.17. The summed E-state index contributed by atoms with van der Waals surface area (Å²) in [6, 6.07) is 5.26. The molecular weight excluding hydrogens is 227 g/mol. The molecule has 6 nitrogen and oxygen atoms in total. The Kier molecular flexibility index (Phi) is 2.73. The number of halogens is 1. The summed E-state index contributed by atoms with van der Waals surface area (Å²) >= 11 is 0. The van der Waals surface area contributed by atoms with Crippen LogP contribution in [0.5, 0.6) is 0 Å². The second kappa shape index (κ2) is 4.20. The number of benzene rings is 1. The topological polar surface area (TPSA) is 79.8 Å². The minimum absolute atomic E-state index is 0.0955. The fourth-order valence-corrected chi connectivity index (χ4v) is 1.23. The summed E-state index contributed by atoms with van der Waals surface area (Å²) in [6.07, 6.45) is 0. The van der Waals surface area contributed by atoms with E-state index in [2.05, 4.69) is 15.4 Å². The molecular formula is C10H9FN4O2. The first-order valence-electron chi connectivity index (χ1n) is 4.76. The van der Waals surface area contributed by atoms with Gasteiger partial charge < -0.3 is 5.32 Å². The van der Waals surface area contributed by atoms with Gasteiger partial charge in [0.25, 0.3) is 5.91 Å². The van der Waals surface area contributed by atoms with E-state index in [1.165, 1.54) is 31.3 Å². The molecule has 1 aromatic carbocycles. The maximum Gasteiger partial charge on any atom is 0.343 e. The smallest absolute Gasteiger partial charge is 0.319 e. The molecule has 2 aromatic rings. The van der Waals surface area contributed by atoms with Crippen LogP contribution in [-0.4, -0.2) is 20.7 Å². The number of aromatic amines is 1. The highest BCUT2D eigenvalue weighted by molar-refractivity contribution is 6.01. The summed E-state index contributed by atoms with van der Waals surface area (Å²) in [6.45, 7) is 0. The highest BCUT2D eigenvalue weighted by Crippen LogP contribution is 2.08. The number of carbonyl (C=O) groups is 1. The lowest BCUT2D eigenvalue weighted by molar-refractivity contribution is 0.101. The van der Waals surface area contributed by atoms with Crippen LogP contribution in [0.25, 0.3) is 0 Å². The molecule has 0 aliphatic carbocycles. The summed E-state index contributed by atoms with van der Waals surface area (Å²) in [4.78, 5) is 25.0. The number of aromatic nitrogens is 3. The molecule has 88 valence electrons. The summed E-state index contributed by atoms with van der Waals surface area (Å²) < 4.78 is 13.6. The van der Waals surface area contributed by atoms with E-state index in [4.69, 9.17) is 0 Å². The Bertz CT molecular complexity index is 600. The third-order valence-electron chi connectivity index (χ3n) is 2.09. The number of nitrogens with one attached hydrogen (secondary N) is 2. The molecule has 0 saturated heterocycles. The van der Waals surface area contributed by atoms with Crippen molar-refractivity contribution in [1.82, 2.24) is 14.8 Å². The average Bonchev–Trinajstić information content (AvgIpc) is 2.63. The van der Waals surface area contributed by atoms with Crippen LogP contribution in [0.2, 0.25) is 0 Å². The monoisotopic (exact) mass is 236 g/mol. The van der Waals surface area contributed by atoms with Gasteiger partial charge in [0.05, 0.1) is 0 Å². The Morgan fingerprint density at radius 1 is 1.41 bits per heavy atom. The lowest BCUT2D eigenvalue weighted by atomic mass is 10.3. The zero-order chi connectivity index (χ0) is 12.4. The van der Waals surface area contributed by atoms with Crippen molar-refractivity contribution < 1.29 is 9.18 Å². The van der Waals surface area contributed by atoms with Crippen LogP contribution in [0.1, 0.15) is 10.6 Å². The van der Waals surface area contributed by atoms with E-state index in [0.717, 1.165) is 4.68 Å². The maximum atomic E-state index is 12.6. The minimum Gasteiger partial charge on any atom is -0.319 e. The number of amides is 1. The number of rotatable bonds is 2. The summed E-state index contributed by atoms with van der Waals surface area (Å²) in [5, 5.41) is 6.16. The molecule has 2 N–H and O–H groups in total. The highest BCUT2D eigenvalue weighted by atomic mass is 19.1. The van der Waals surface area contributed by atoms with Crippen LogP contribution in [0.3, 0.4) is 0 Å². The zero-order valence-corrected chi connectivity index (χ0v) is 8.90. The molecule has 0 atom stereocenters. The van der Waals surface area contributed by atoms with E-state index in [9.17, 15) is 14.0 Å². The largest absolute Gasteiger partial charge is 0.343 e. The fraction of sp³-hybridized carbons (Fsp3) is 0.100. The van der Waals surface area contributed by atoms with Crippen molar-refractivity contribution in [1.29, 1.82) is 0 Å². The Morgan fingerprint density at radius 3 is 2.59 bits per heavy atom. The summed E-state index contributed by atoms with van der Waals surface area (Å²) in [5.74, 6) is -1.05. The average molecular weight is 236 g/mol. The van der Waals surface area contributed by atoms with Crippen LogP contribution < -0.4 is 11.0 Å². The van der Waals surface area contributed by atoms with Crippen molar-refractivity contribution in [2.75, 3.05) is 5.32 Å². The third kappa shape index (κ3) is 2.39. The van der Waals surface area contributed by atoms with Crippen LogP contribution in [0.15, 0.2) is 29.1 Å². The number of H-pyrrole nitrogens is 1. The Labute approximate surface area is 95.1 Å². The molecule has 0 aliphatic heterocycles.